The molecule has 2 N–H and O–H groups in total. The second kappa shape index (κ2) is 9.88. The number of carbonyl (C=O) groups excluding carboxylic acids is 2. The highest BCUT2D eigenvalue weighted by Gasteiger charge is 2.09. The van der Waals surface area contributed by atoms with Crippen LogP contribution in [0.5, 0.6) is 0 Å². The summed E-state index contributed by atoms with van der Waals surface area (Å²) < 4.78 is 0. The summed E-state index contributed by atoms with van der Waals surface area (Å²) in [6, 6.07) is 0.391. The van der Waals surface area contributed by atoms with Gasteiger partial charge in [0, 0.05) is 45.1 Å². The predicted octanol–water partition coefficient (Wildman–Crippen LogP) is 0.749. The van der Waals surface area contributed by atoms with Crippen molar-refractivity contribution in [2.24, 2.45) is 0 Å². The fourth-order valence-electron chi connectivity index (χ4n) is 1.61. The summed E-state index contributed by atoms with van der Waals surface area (Å²) in [4.78, 5) is 24.9. The van der Waals surface area contributed by atoms with Gasteiger partial charge in [-0.2, -0.15) is 0 Å². The fourth-order valence-corrected chi connectivity index (χ4v) is 1.61. The van der Waals surface area contributed by atoms with Gasteiger partial charge in [0.05, 0.1) is 0 Å². The number of amides is 2. The highest BCUT2D eigenvalue weighted by Crippen LogP contribution is 1.92. The third kappa shape index (κ3) is 8.06. The molecule has 0 aliphatic heterocycles. The van der Waals surface area contributed by atoms with E-state index < -0.39 is 0 Å². The first kappa shape index (κ1) is 16.9. The van der Waals surface area contributed by atoms with Gasteiger partial charge >= 0.3 is 0 Å². The van der Waals surface area contributed by atoms with Crippen LogP contribution >= 0.6 is 0 Å². The van der Waals surface area contributed by atoms with Gasteiger partial charge in [-0.1, -0.05) is 13.8 Å². The average molecular weight is 257 g/mol. The van der Waals surface area contributed by atoms with Crippen molar-refractivity contribution in [2.75, 3.05) is 26.2 Å². The van der Waals surface area contributed by atoms with Crippen molar-refractivity contribution in [1.29, 1.82) is 0 Å². The van der Waals surface area contributed by atoms with Crippen LogP contribution in [0.4, 0.5) is 0 Å². The van der Waals surface area contributed by atoms with Crippen molar-refractivity contribution in [3.05, 3.63) is 0 Å². The first-order chi connectivity index (χ1) is 8.51. The maximum Gasteiger partial charge on any atom is 0.224 e. The van der Waals surface area contributed by atoms with Crippen LogP contribution in [-0.2, 0) is 9.59 Å². The van der Waals surface area contributed by atoms with Gasteiger partial charge in [0.2, 0.25) is 11.8 Å². The Labute approximate surface area is 110 Å². The molecule has 2 amide bonds. The number of rotatable bonds is 9. The lowest BCUT2D eigenvalue weighted by atomic mass is 10.3. The van der Waals surface area contributed by atoms with Crippen molar-refractivity contribution in [3.8, 4) is 0 Å². The van der Waals surface area contributed by atoms with Crippen molar-refractivity contribution in [2.45, 2.75) is 46.6 Å². The third-order valence-corrected chi connectivity index (χ3v) is 2.68. The number of hydrogen-bond donors (Lipinski definition) is 2. The molecular formula is C13H27N3O2. The zero-order valence-electron chi connectivity index (χ0n) is 12.1. The van der Waals surface area contributed by atoms with Crippen LogP contribution in [-0.4, -0.2) is 48.9 Å². The van der Waals surface area contributed by atoms with Crippen molar-refractivity contribution in [1.82, 2.24) is 15.5 Å². The van der Waals surface area contributed by atoms with Gasteiger partial charge in [0.25, 0.3) is 0 Å². The van der Waals surface area contributed by atoms with E-state index in [-0.39, 0.29) is 11.8 Å². The zero-order valence-corrected chi connectivity index (χ0v) is 12.1. The van der Waals surface area contributed by atoms with Crippen LogP contribution < -0.4 is 10.6 Å². The standard InChI is InChI=1S/C13H27N3O2/c1-5-16(6-2)13(18)8-10-15-12(17)7-9-14-11(3)4/h11,14H,5-10H2,1-4H3,(H,15,17). The molecule has 5 nitrogen and oxygen atoms in total. The predicted molar refractivity (Wildman–Crippen MR) is 73.3 cm³/mol. The van der Waals surface area contributed by atoms with Gasteiger partial charge < -0.3 is 15.5 Å². The summed E-state index contributed by atoms with van der Waals surface area (Å²) in [6.07, 6.45) is 0.836. The molecule has 0 atom stereocenters. The molecule has 0 aromatic carbocycles. The van der Waals surface area contributed by atoms with Gasteiger partial charge in [0.15, 0.2) is 0 Å². The molecular weight excluding hydrogens is 230 g/mol. The second-order valence-corrected chi connectivity index (χ2v) is 4.52. The molecule has 0 bridgehead atoms. The lowest BCUT2D eigenvalue weighted by molar-refractivity contribution is -0.130. The Bertz CT molecular complexity index is 251. The first-order valence-electron chi connectivity index (χ1n) is 6.79. The molecule has 0 unspecified atom stereocenters. The average Bonchev–Trinajstić information content (AvgIpc) is 2.30. The van der Waals surface area contributed by atoms with E-state index >= 15 is 0 Å². The molecule has 0 saturated heterocycles. The normalized spacial score (nSPS) is 10.5. The largest absolute Gasteiger partial charge is 0.356 e. The minimum atomic E-state index is -0.00417. The monoisotopic (exact) mass is 257 g/mol. The van der Waals surface area contributed by atoms with Crippen LogP contribution in [0.2, 0.25) is 0 Å². The Morgan fingerprint density at radius 1 is 1.06 bits per heavy atom. The van der Waals surface area contributed by atoms with Gasteiger partial charge in [-0.05, 0) is 13.8 Å². The molecule has 0 aliphatic carbocycles. The molecule has 0 aliphatic rings. The Hall–Kier alpha value is -1.10. The van der Waals surface area contributed by atoms with Crippen LogP contribution in [0.15, 0.2) is 0 Å². The second-order valence-electron chi connectivity index (χ2n) is 4.52. The molecule has 0 saturated carbocycles. The lowest BCUT2D eigenvalue weighted by Crippen LogP contribution is -2.35. The minimum absolute atomic E-state index is 0.00417. The number of hydrogen-bond acceptors (Lipinski definition) is 3. The summed E-state index contributed by atoms with van der Waals surface area (Å²) in [5, 5.41) is 5.94. The van der Waals surface area contributed by atoms with Crippen molar-refractivity contribution in [3.63, 3.8) is 0 Å². The van der Waals surface area contributed by atoms with E-state index in [0.717, 1.165) is 13.1 Å². The molecule has 0 radical (unpaired) electrons. The molecule has 0 fully saturated rings. The Balaban J connectivity index is 3.64. The summed E-state index contributed by atoms with van der Waals surface area (Å²) in [6.45, 7) is 10.5. The molecule has 0 aromatic heterocycles. The van der Waals surface area contributed by atoms with E-state index in [2.05, 4.69) is 10.6 Å². The fraction of sp³-hybridized carbons (Fsp3) is 0.846. The first-order valence-corrected chi connectivity index (χ1v) is 6.79. The number of nitrogens with one attached hydrogen (secondary N) is 2. The van der Waals surface area contributed by atoms with E-state index in [4.69, 9.17) is 0 Å². The zero-order chi connectivity index (χ0) is 14.0. The maximum atomic E-state index is 11.7. The van der Waals surface area contributed by atoms with E-state index in [9.17, 15) is 9.59 Å². The van der Waals surface area contributed by atoms with Gasteiger partial charge in [-0.15, -0.1) is 0 Å². The Morgan fingerprint density at radius 2 is 1.67 bits per heavy atom. The number of nitrogens with zero attached hydrogens (tertiary/aromatic N) is 1. The van der Waals surface area contributed by atoms with Crippen LogP contribution in [0, 0.1) is 0 Å². The smallest absolute Gasteiger partial charge is 0.224 e. The van der Waals surface area contributed by atoms with E-state index in [1.165, 1.54) is 0 Å². The molecule has 0 heterocycles. The summed E-state index contributed by atoms with van der Waals surface area (Å²) in [5.41, 5.74) is 0. The molecule has 18 heavy (non-hydrogen) atoms. The summed E-state index contributed by atoms with van der Waals surface area (Å²) >= 11 is 0. The Morgan fingerprint density at radius 3 is 2.17 bits per heavy atom. The lowest BCUT2D eigenvalue weighted by Gasteiger charge is -2.18. The molecule has 0 spiro atoms. The topological polar surface area (TPSA) is 61.4 Å². The van der Waals surface area contributed by atoms with E-state index in [0.29, 0.717) is 32.0 Å². The van der Waals surface area contributed by atoms with Crippen LogP contribution in [0.25, 0.3) is 0 Å². The third-order valence-electron chi connectivity index (χ3n) is 2.68. The molecule has 106 valence electrons. The van der Waals surface area contributed by atoms with Crippen molar-refractivity contribution < 1.29 is 9.59 Å². The van der Waals surface area contributed by atoms with Crippen LogP contribution in [0.1, 0.15) is 40.5 Å². The summed E-state index contributed by atoms with van der Waals surface area (Å²) in [5.74, 6) is 0.0936. The highest BCUT2D eigenvalue weighted by atomic mass is 16.2. The van der Waals surface area contributed by atoms with Gasteiger partial charge in [-0.3, -0.25) is 9.59 Å². The summed E-state index contributed by atoms with van der Waals surface area (Å²) in [7, 11) is 0. The molecule has 0 rings (SSSR count). The number of carbonyl (C=O) groups is 2. The molecule has 0 aromatic rings. The highest BCUT2D eigenvalue weighted by molar-refractivity contribution is 5.79. The van der Waals surface area contributed by atoms with E-state index in [1.54, 1.807) is 4.90 Å². The van der Waals surface area contributed by atoms with E-state index in [1.807, 2.05) is 27.7 Å². The van der Waals surface area contributed by atoms with Crippen molar-refractivity contribution >= 4 is 11.8 Å². The Kier molecular flexibility index (Phi) is 9.28. The quantitative estimate of drug-likeness (QED) is 0.641. The minimum Gasteiger partial charge on any atom is -0.356 e. The van der Waals surface area contributed by atoms with Crippen LogP contribution in [0.3, 0.4) is 0 Å². The maximum absolute atomic E-state index is 11.7. The SMILES string of the molecule is CCN(CC)C(=O)CCNC(=O)CCNC(C)C. The molecule has 5 heteroatoms. The van der Waals surface area contributed by atoms with Gasteiger partial charge in [-0.25, -0.2) is 0 Å². The van der Waals surface area contributed by atoms with Gasteiger partial charge in [0.1, 0.15) is 0 Å².